The van der Waals surface area contributed by atoms with Crippen molar-refractivity contribution in [1.29, 1.82) is 0 Å². The number of para-hydroxylation sites is 1. The van der Waals surface area contributed by atoms with E-state index in [1.807, 2.05) is 6.07 Å². The molecule has 2 N–H and O–H groups in total. The van der Waals surface area contributed by atoms with Crippen LogP contribution in [0.5, 0.6) is 0 Å². The van der Waals surface area contributed by atoms with E-state index in [1.54, 1.807) is 18.2 Å². The fourth-order valence-corrected chi connectivity index (χ4v) is 3.37. The minimum absolute atomic E-state index is 0.163. The van der Waals surface area contributed by atoms with Gasteiger partial charge in [0.05, 0.1) is 12.2 Å². The maximum atomic E-state index is 14.3. The molecule has 244 valence electrons. The molecule has 4 aromatic rings. The highest BCUT2D eigenvalue weighted by Gasteiger charge is 2.54. The number of nitrogens with one attached hydrogen (secondary N) is 2. The molecule has 3 aromatic heterocycles. The number of carbonyl (C=O) groups is 3. The highest BCUT2D eigenvalue weighted by molar-refractivity contribution is 6.41. The van der Waals surface area contributed by atoms with Crippen molar-refractivity contribution in [3.05, 3.63) is 89.0 Å². The van der Waals surface area contributed by atoms with Crippen LogP contribution in [0, 0.1) is 0 Å². The van der Waals surface area contributed by atoms with Gasteiger partial charge in [0.15, 0.2) is 5.82 Å². The fourth-order valence-electron chi connectivity index (χ4n) is 3.37. The molecule has 0 aliphatic carbocycles. The smallest absolute Gasteiger partial charge is 0.359 e. The van der Waals surface area contributed by atoms with Crippen molar-refractivity contribution in [2.75, 3.05) is 11.9 Å². The molecule has 13 nitrogen and oxygen atoms in total. The van der Waals surface area contributed by atoms with Crippen LogP contribution in [0.25, 0.3) is 5.69 Å². The molecule has 0 saturated heterocycles. The van der Waals surface area contributed by atoms with Gasteiger partial charge in [-0.1, -0.05) is 24.3 Å². The summed E-state index contributed by atoms with van der Waals surface area (Å²) < 4.78 is 98.2. The lowest BCUT2D eigenvalue weighted by atomic mass is 10.2. The average Bonchev–Trinajstić information content (AvgIpc) is 3.55. The maximum Gasteiger partial charge on any atom is 0.458 e. The highest BCUT2D eigenvalue weighted by Crippen LogP contribution is 2.26. The van der Waals surface area contributed by atoms with Crippen LogP contribution in [0.2, 0.25) is 0 Å². The maximum absolute atomic E-state index is 14.3. The normalized spacial score (nSPS) is 11.7. The van der Waals surface area contributed by atoms with Crippen LogP contribution in [0.3, 0.4) is 0 Å². The lowest BCUT2D eigenvalue weighted by Crippen LogP contribution is -2.39. The molecule has 1 amide bonds. The minimum atomic E-state index is -5.77. The predicted molar refractivity (Wildman–Crippen MR) is 138 cm³/mol. The van der Waals surface area contributed by atoms with Crippen molar-refractivity contribution in [2.45, 2.75) is 31.4 Å². The van der Waals surface area contributed by atoms with Crippen LogP contribution >= 0.6 is 0 Å². The van der Waals surface area contributed by atoms with Crippen molar-refractivity contribution < 1.29 is 49.5 Å². The zero-order valence-electron chi connectivity index (χ0n) is 22.8. The summed E-state index contributed by atoms with van der Waals surface area (Å²) in [6.07, 6.45) is -6.29. The molecule has 21 heteroatoms. The van der Waals surface area contributed by atoms with Gasteiger partial charge in [0.2, 0.25) is 5.91 Å². The predicted octanol–water partition coefficient (Wildman–Crippen LogP) is 2.38. The van der Waals surface area contributed by atoms with Gasteiger partial charge in [0.1, 0.15) is 18.6 Å². The van der Waals surface area contributed by atoms with E-state index in [4.69, 9.17) is 0 Å². The van der Waals surface area contributed by atoms with Crippen LogP contribution in [0.4, 0.5) is 40.9 Å². The van der Waals surface area contributed by atoms with E-state index in [0.29, 0.717) is 5.69 Å². The second kappa shape index (κ2) is 14.4. The van der Waals surface area contributed by atoms with E-state index in [9.17, 15) is 54.3 Å². The molecule has 3 heterocycles. The lowest BCUT2D eigenvalue weighted by molar-refractivity contribution is -0.193. The van der Waals surface area contributed by atoms with Gasteiger partial charge in [0, 0.05) is 25.1 Å². The molecule has 0 aliphatic heterocycles. The third kappa shape index (κ3) is 9.43. The average molecular weight is 661 g/mol. The first kappa shape index (κ1) is 34.9. The molecule has 0 fully saturated rings. The summed E-state index contributed by atoms with van der Waals surface area (Å²) >= 11 is 0. The van der Waals surface area contributed by atoms with Crippen molar-refractivity contribution >= 4 is 23.3 Å². The first-order chi connectivity index (χ1) is 21.5. The van der Waals surface area contributed by atoms with E-state index in [2.05, 4.69) is 36.1 Å². The second-order valence-corrected chi connectivity index (χ2v) is 8.80. The third-order valence-corrected chi connectivity index (χ3v) is 5.53. The summed E-state index contributed by atoms with van der Waals surface area (Å²) in [5.74, 6) is -10.9. The van der Waals surface area contributed by atoms with E-state index in [0.717, 1.165) is 10.1 Å². The number of anilines is 1. The zero-order chi connectivity index (χ0) is 34.1. The zero-order valence-corrected chi connectivity index (χ0v) is 22.8. The summed E-state index contributed by atoms with van der Waals surface area (Å²) in [4.78, 5) is 51.8. The number of benzene rings is 1. The molecule has 0 atom stereocenters. The highest BCUT2D eigenvalue weighted by atomic mass is 19.4. The van der Waals surface area contributed by atoms with Crippen LogP contribution < -0.4 is 16.2 Å². The summed E-state index contributed by atoms with van der Waals surface area (Å²) in [5.41, 5.74) is 0.308. The van der Waals surface area contributed by atoms with Crippen molar-refractivity contribution in [1.82, 2.24) is 40.1 Å². The first-order valence-electron chi connectivity index (χ1n) is 12.4. The van der Waals surface area contributed by atoms with Crippen molar-refractivity contribution in [2.24, 2.45) is 0 Å². The molecule has 0 radical (unpaired) electrons. The Bertz CT molecular complexity index is 1690. The number of alkyl halides is 8. The van der Waals surface area contributed by atoms with Crippen LogP contribution in [-0.2, 0) is 33.4 Å². The van der Waals surface area contributed by atoms with Gasteiger partial charge in [0.25, 0.3) is 5.56 Å². The van der Waals surface area contributed by atoms with Gasteiger partial charge in [-0.3, -0.25) is 24.2 Å². The van der Waals surface area contributed by atoms with Gasteiger partial charge in [-0.25, -0.2) is 9.67 Å². The number of rotatable bonds is 10. The van der Waals surface area contributed by atoms with Crippen LogP contribution in [0.1, 0.15) is 11.3 Å². The Morgan fingerprint density at radius 1 is 0.826 bits per heavy atom. The fraction of sp³-hybridized carbons (Fsp3) is 0.240. The standard InChI is InChI=1S/C21H19F2N9O2.C4F6O2/c22-21(23,17-7-3-4-8-24-17)13-27-19-20(34)31(10-9-25-19)12-18(33)26-11-15-5-1-2-6-16(15)32-14-28-29-30-32;5-3(6,7)1(11)2(12)4(8,9)10/h1-10,14H,11-13H2,(H,25,27)(H,26,33);. The van der Waals surface area contributed by atoms with Gasteiger partial charge in [-0.05, 0) is 34.2 Å². The third-order valence-electron chi connectivity index (χ3n) is 5.53. The first-order valence-corrected chi connectivity index (χ1v) is 12.4. The molecule has 4 rings (SSSR count). The molecule has 0 unspecified atom stereocenters. The number of tetrazole rings is 1. The quantitative estimate of drug-likeness (QED) is 0.190. The van der Waals surface area contributed by atoms with Gasteiger partial charge in [-0.15, -0.1) is 5.10 Å². The summed E-state index contributed by atoms with van der Waals surface area (Å²) in [6.45, 7) is -1.04. The molecule has 1 aromatic carbocycles. The Labute approximate surface area is 251 Å². The number of ketones is 2. The number of aromatic nitrogens is 7. The number of halogens is 8. The number of nitrogens with zero attached hydrogens (tertiary/aromatic N) is 7. The number of carbonyl (C=O) groups excluding carboxylic acids is 3. The molecule has 0 aliphatic rings. The summed E-state index contributed by atoms with van der Waals surface area (Å²) in [6, 6.07) is 11.4. The van der Waals surface area contributed by atoms with E-state index >= 15 is 0 Å². The number of hydrogen-bond acceptors (Lipinski definition) is 10. The Morgan fingerprint density at radius 2 is 1.48 bits per heavy atom. The topological polar surface area (TPSA) is 167 Å². The Hall–Kier alpha value is -5.63. The minimum Gasteiger partial charge on any atom is -0.359 e. The van der Waals surface area contributed by atoms with Crippen molar-refractivity contribution in [3.8, 4) is 5.69 Å². The number of pyridine rings is 1. The number of hydrogen-bond donors (Lipinski definition) is 2. The summed E-state index contributed by atoms with van der Waals surface area (Å²) in [5, 5.41) is 16.1. The number of amides is 1. The Morgan fingerprint density at radius 3 is 2.07 bits per heavy atom. The van der Waals surface area contributed by atoms with E-state index < -0.39 is 53.5 Å². The SMILES string of the molecule is O=C(C(=O)C(F)(F)F)C(F)(F)F.O=C(Cn1ccnc(NCC(F)(F)c2ccccn2)c1=O)NCc1ccccc1-n1cnnn1. The largest absolute Gasteiger partial charge is 0.458 e. The molecule has 0 spiro atoms. The van der Waals surface area contributed by atoms with Gasteiger partial charge in [-0.2, -0.15) is 35.1 Å². The lowest BCUT2D eigenvalue weighted by Gasteiger charge is -2.16. The second-order valence-electron chi connectivity index (χ2n) is 8.80. The van der Waals surface area contributed by atoms with E-state index in [-0.39, 0.29) is 18.9 Å². The molecule has 0 bridgehead atoms. The summed E-state index contributed by atoms with van der Waals surface area (Å²) in [7, 11) is 0. The molecule has 0 saturated carbocycles. The molecule has 46 heavy (non-hydrogen) atoms. The molecular formula is C25H19F8N9O4. The van der Waals surface area contributed by atoms with Crippen molar-refractivity contribution in [3.63, 3.8) is 0 Å². The van der Waals surface area contributed by atoms with Gasteiger partial charge < -0.3 is 15.2 Å². The van der Waals surface area contributed by atoms with E-state index in [1.165, 1.54) is 47.8 Å². The Balaban J connectivity index is 0.000000409. The Kier molecular flexibility index (Phi) is 10.9. The van der Waals surface area contributed by atoms with Crippen LogP contribution in [0.15, 0.2) is 72.2 Å². The number of Topliss-reactive ketones (excluding diaryl/α,β-unsaturated/α-hetero) is 2. The monoisotopic (exact) mass is 661 g/mol. The molecular weight excluding hydrogens is 642 g/mol. The van der Waals surface area contributed by atoms with Gasteiger partial charge >= 0.3 is 29.8 Å². The van der Waals surface area contributed by atoms with Crippen LogP contribution in [-0.4, -0.2) is 71.1 Å².